The van der Waals surface area contributed by atoms with E-state index in [0.29, 0.717) is 30.2 Å². The second-order valence-corrected chi connectivity index (χ2v) is 8.60. The number of aliphatic imine (C=N–C) groups is 1. The first kappa shape index (κ1) is 22.7. The highest BCUT2D eigenvalue weighted by atomic mass is 32.2. The Hall–Kier alpha value is -2.55. The first-order valence-electron chi connectivity index (χ1n) is 8.98. The van der Waals surface area contributed by atoms with E-state index in [1.54, 1.807) is 31.2 Å². The van der Waals surface area contributed by atoms with Gasteiger partial charge in [-0.2, -0.15) is 13.2 Å². The molecule has 2 aromatic carbocycles. The van der Waals surface area contributed by atoms with Crippen molar-refractivity contribution < 1.29 is 21.6 Å². The van der Waals surface area contributed by atoms with Crippen LogP contribution in [-0.2, 0) is 29.1 Å². The lowest BCUT2D eigenvalue weighted by Crippen LogP contribution is -2.36. The summed E-state index contributed by atoms with van der Waals surface area (Å²) in [6, 6.07) is 10.1. The Morgan fingerprint density at radius 1 is 1.07 bits per heavy atom. The zero-order valence-electron chi connectivity index (χ0n) is 16.5. The van der Waals surface area contributed by atoms with Crippen LogP contribution in [0, 0.1) is 6.92 Å². The van der Waals surface area contributed by atoms with Crippen LogP contribution in [0.3, 0.4) is 0 Å². The maximum atomic E-state index is 12.8. The Morgan fingerprint density at radius 2 is 1.79 bits per heavy atom. The van der Waals surface area contributed by atoms with E-state index < -0.39 is 21.6 Å². The molecule has 2 aromatic rings. The van der Waals surface area contributed by atoms with Gasteiger partial charge in [0.05, 0.1) is 17.0 Å². The quantitative estimate of drug-likeness (QED) is 0.545. The average Bonchev–Trinajstić information content (AvgIpc) is 2.62. The minimum atomic E-state index is -4.39. The molecule has 2 rings (SSSR count). The normalized spacial score (nSPS) is 12.7. The molecule has 0 aliphatic rings. The third-order valence-corrected chi connectivity index (χ3v) is 5.37. The summed E-state index contributed by atoms with van der Waals surface area (Å²) >= 11 is 0. The molecular formula is C20H24F3N3O2S. The van der Waals surface area contributed by atoms with Crippen LogP contribution in [0.5, 0.6) is 0 Å². The maximum Gasteiger partial charge on any atom is 0.416 e. The van der Waals surface area contributed by atoms with E-state index in [-0.39, 0.29) is 11.4 Å². The molecule has 0 radical (unpaired) electrons. The predicted octanol–water partition coefficient (Wildman–Crippen LogP) is 3.67. The third-order valence-electron chi connectivity index (χ3n) is 4.12. The van der Waals surface area contributed by atoms with Gasteiger partial charge in [-0.1, -0.05) is 24.3 Å². The van der Waals surface area contributed by atoms with Gasteiger partial charge in [-0.05, 0) is 48.7 Å². The minimum Gasteiger partial charge on any atom is -0.357 e. The topological polar surface area (TPSA) is 70.6 Å². The van der Waals surface area contributed by atoms with Gasteiger partial charge in [0.1, 0.15) is 0 Å². The molecule has 0 unspecified atom stereocenters. The van der Waals surface area contributed by atoms with Gasteiger partial charge < -0.3 is 10.6 Å². The Bertz CT molecular complexity index is 987. The van der Waals surface area contributed by atoms with Crippen molar-refractivity contribution in [2.24, 2.45) is 4.99 Å². The lowest BCUT2D eigenvalue weighted by molar-refractivity contribution is -0.137. The van der Waals surface area contributed by atoms with Crippen LogP contribution < -0.4 is 10.6 Å². The molecule has 0 heterocycles. The molecule has 0 aliphatic heterocycles. The highest BCUT2D eigenvalue weighted by Gasteiger charge is 2.30. The first-order chi connectivity index (χ1) is 13.5. The van der Waals surface area contributed by atoms with E-state index in [9.17, 15) is 21.6 Å². The van der Waals surface area contributed by atoms with E-state index in [1.165, 1.54) is 6.07 Å². The summed E-state index contributed by atoms with van der Waals surface area (Å²) < 4.78 is 61.9. The van der Waals surface area contributed by atoms with Crippen molar-refractivity contribution in [3.05, 3.63) is 64.7 Å². The molecule has 9 heteroatoms. The number of guanidine groups is 1. The van der Waals surface area contributed by atoms with Crippen LogP contribution in [0.4, 0.5) is 13.2 Å². The number of hydrogen-bond donors (Lipinski definition) is 2. The summed E-state index contributed by atoms with van der Waals surface area (Å²) in [6.07, 6.45) is -3.23. The maximum absolute atomic E-state index is 12.8. The third kappa shape index (κ3) is 6.77. The second kappa shape index (κ2) is 9.30. The summed E-state index contributed by atoms with van der Waals surface area (Å²) in [5.41, 5.74) is 1.26. The number of rotatable bonds is 6. The van der Waals surface area contributed by atoms with Gasteiger partial charge in [0.2, 0.25) is 0 Å². The lowest BCUT2D eigenvalue weighted by Gasteiger charge is -2.13. The monoisotopic (exact) mass is 427 g/mol. The SMILES string of the molecule is CCNC(=NCc1cccc(C(F)(F)F)c1)NCc1ccc(S(C)(=O)=O)c(C)c1. The molecule has 5 nitrogen and oxygen atoms in total. The Balaban J connectivity index is 2.10. The van der Waals surface area contributed by atoms with Crippen molar-refractivity contribution >= 4 is 15.8 Å². The molecule has 2 N–H and O–H groups in total. The van der Waals surface area contributed by atoms with E-state index in [2.05, 4.69) is 15.6 Å². The van der Waals surface area contributed by atoms with E-state index in [4.69, 9.17) is 0 Å². The van der Waals surface area contributed by atoms with E-state index in [1.807, 2.05) is 6.92 Å². The number of hydrogen-bond acceptors (Lipinski definition) is 3. The smallest absolute Gasteiger partial charge is 0.357 e. The van der Waals surface area contributed by atoms with Gasteiger partial charge in [0.15, 0.2) is 15.8 Å². The predicted molar refractivity (Wildman–Crippen MR) is 107 cm³/mol. The van der Waals surface area contributed by atoms with Gasteiger partial charge in [0.25, 0.3) is 0 Å². The average molecular weight is 427 g/mol. The first-order valence-corrected chi connectivity index (χ1v) is 10.9. The van der Waals surface area contributed by atoms with E-state index in [0.717, 1.165) is 24.0 Å². The summed E-state index contributed by atoms with van der Waals surface area (Å²) in [5.74, 6) is 0.453. The fourth-order valence-corrected chi connectivity index (χ4v) is 3.74. The van der Waals surface area contributed by atoms with Crippen LogP contribution in [0.2, 0.25) is 0 Å². The Kier molecular flexibility index (Phi) is 7.29. The van der Waals surface area contributed by atoms with Crippen molar-refractivity contribution in [3.8, 4) is 0 Å². The fourth-order valence-electron chi connectivity index (χ4n) is 2.78. The largest absolute Gasteiger partial charge is 0.416 e. The molecule has 0 aliphatic carbocycles. The van der Waals surface area contributed by atoms with Gasteiger partial charge >= 0.3 is 6.18 Å². The molecule has 158 valence electrons. The summed E-state index contributed by atoms with van der Waals surface area (Å²) in [7, 11) is -3.28. The number of alkyl halides is 3. The van der Waals surface area contributed by atoms with E-state index >= 15 is 0 Å². The van der Waals surface area contributed by atoms with Crippen LogP contribution in [0.1, 0.15) is 29.2 Å². The van der Waals surface area contributed by atoms with Gasteiger partial charge in [-0.25, -0.2) is 13.4 Å². The summed E-state index contributed by atoms with van der Waals surface area (Å²) in [6.45, 7) is 4.67. The van der Waals surface area contributed by atoms with Crippen molar-refractivity contribution in [3.63, 3.8) is 0 Å². The van der Waals surface area contributed by atoms with Gasteiger partial charge in [-0.3, -0.25) is 0 Å². The number of benzene rings is 2. The number of nitrogens with zero attached hydrogens (tertiary/aromatic N) is 1. The molecule has 29 heavy (non-hydrogen) atoms. The molecule has 0 spiro atoms. The Morgan fingerprint density at radius 3 is 2.38 bits per heavy atom. The summed E-state index contributed by atoms with van der Waals surface area (Å²) in [5, 5.41) is 6.14. The highest BCUT2D eigenvalue weighted by molar-refractivity contribution is 7.90. The molecule has 0 bridgehead atoms. The van der Waals surface area contributed by atoms with Crippen LogP contribution in [-0.4, -0.2) is 27.2 Å². The molecule has 0 saturated carbocycles. The standard InChI is InChI=1S/C20H24F3N3O2S/c1-4-24-19(25-12-15-6-5-7-17(11-15)20(21,22)23)26-13-16-8-9-18(14(2)10-16)29(3,27)28/h5-11H,4,12-13H2,1-3H3,(H2,24,25,26). The molecular weight excluding hydrogens is 403 g/mol. The van der Waals surface area contributed by atoms with Gasteiger partial charge in [-0.15, -0.1) is 0 Å². The second-order valence-electron chi connectivity index (χ2n) is 6.62. The molecule has 0 atom stereocenters. The van der Waals surface area contributed by atoms with Crippen molar-refractivity contribution in [1.82, 2.24) is 10.6 Å². The number of sulfone groups is 1. The van der Waals surface area contributed by atoms with Crippen molar-refractivity contribution in [2.45, 2.75) is 38.0 Å². The van der Waals surface area contributed by atoms with Crippen molar-refractivity contribution in [1.29, 1.82) is 0 Å². The molecule has 0 saturated heterocycles. The fraction of sp³-hybridized carbons (Fsp3) is 0.350. The lowest BCUT2D eigenvalue weighted by atomic mass is 10.1. The molecule has 0 fully saturated rings. The molecule has 0 aromatic heterocycles. The molecule has 0 amide bonds. The minimum absolute atomic E-state index is 0.0886. The highest BCUT2D eigenvalue weighted by Crippen LogP contribution is 2.29. The summed E-state index contributed by atoms with van der Waals surface area (Å²) in [4.78, 5) is 4.62. The zero-order valence-corrected chi connectivity index (χ0v) is 17.3. The van der Waals surface area contributed by atoms with Crippen molar-refractivity contribution in [2.75, 3.05) is 12.8 Å². The zero-order chi connectivity index (χ0) is 21.7. The number of nitrogens with one attached hydrogen (secondary N) is 2. The van der Waals surface area contributed by atoms with Crippen LogP contribution in [0.15, 0.2) is 52.4 Å². The van der Waals surface area contributed by atoms with Crippen LogP contribution in [0.25, 0.3) is 0 Å². The number of aryl methyl sites for hydroxylation is 1. The Labute approximate surface area is 169 Å². The van der Waals surface area contributed by atoms with Crippen LogP contribution >= 0.6 is 0 Å². The number of halogens is 3. The van der Waals surface area contributed by atoms with Gasteiger partial charge in [0, 0.05) is 19.3 Å².